The molecule has 3 rings (SSSR count). The van der Waals surface area contributed by atoms with Crippen molar-refractivity contribution in [2.45, 2.75) is 45.6 Å². The Kier molecular flexibility index (Phi) is 7.74. The molecule has 1 unspecified atom stereocenters. The molecule has 4 N–H and O–H groups in total. The summed E-state index contributed by atoms with van der Waals surface area (Å²) in [5, 5.41) is 18.0. The molecule has 1 heterocycles. The number of rotatable bonds is 11. The summed E-state index contributed by atoms with van der Waals surface area (Å²) in [6, 6.07) is 6.48. The molecule has 1 fully saturated rings. The van der Waals surface area contributed by atoms with E-state index in [1.165, 1.54) is 34.9 Å². The number of guanidine groups is 1. The second-order valence-corrected chi connectivity index (χ2v) is 7.54. The van der Waals surface area contributed by atoms with E-state index >= 15 is 0 Å². The number of aliphatic hydroxyl groups excluding tert-OH is 1. The number of aromatic amines is 1. The zero-order valence-electron chi connectivity index (χ0n) is 17.1. The molecule has 6 heteroatoms. The minimum atomic E-state index is -0.560. The van der Waals surface area contributed by atoms with E-state index in [2.05, 4.69) is 51.9 Å². The number of aliphatic imine (C=N–C) groups is 1. The molecule has 1 aromatic carbocycles. The summed E-state index contributed by atoms with van der Waals surface area (Å²) in [4.78, 5) is 7.91. The second kappa shape index (κ2) is 10.5. The quantitative estimate of drug-likeness (QED) is 0.353. The molecule has 1 aromatic heterocycles. The number of hydrogen-bond donors (Lipinski definition) is 4. The number of H-pyrrole nitrogens is 1. The van der Waals surface area contributed by atoms with E-state index < -0.39 is 6.10 Å². The van der Waals surface area contributed by atoms with Crippen LogP contribution in [0, 0.1) is 5.92 Å². The summed E-state index contributed by atoms with van der Waals surface area (Å²) in [6.07, 6.45) is 6.01. The van der Waals surface area contributed by atoms with Gasteiger partial charge in [-0.05, 0) is 49.7 Å². The molecular weight excluding hydrogens is 352 g/mol. The summed E-state index contributed by atoms with van der Waals surface area (Å²) in [5.41, 5.74) is 3.90. The van der Waals surface area contributed by atoms with Gasteiger partial charge in [0.1, 0.15) is 0 Å². The van der Waals surface area contributed by atoms with Gasteiger partial charge in [0.15, 0.2) is 5.96 Å². The van der Waals surface area contributed by atoms with Crippen LogP contribution in [0.25, 0.3) is 10.9 Å². The molecule has 6 nitrogen and oxygen atoms in total. The monoisotopic (exact) mass is 386 g/mol. The molecule has 1 aliphatic rings. The zero-order valence-corrected chi connectivity index (χ0v) is 17.1. The Bertz CT molecular complexity index is 767. The molecule has 0 amide bonds. The van der Waals surface area contributed by atoms with E-state index in [9.17, 15) is 5.11 Å². The maximum absolute atomic E-state index is 10.1. The van der Waals surface area contributed by atoms with Gasteiger partial charge >= 0.3 is 0 Å². The summed E-state index contributed by atoms with van der Waals surface area (Å²) >= 11 is 0. The topological polar surface area (TPSA) is 81.7 Å². The van der Waals surface area contributed by atoms with Gasteiger partial charge in [0.2, 0.25) is 0 Å². The fraction of sp³-hybridized carbons (Fsp3) is 0.591. The van der Waals surface area contributed by atoms with Crippen molar-refractivity contribution in [2.24, 2.45) is 10.9 Å². The Balaban J connectivity index is 1.47. The standard InChI is InChI=1S/C22H34N4O2/c1-3-17-6-5-7-20-18(12-25-21(17)20)10-11-24-22(23-4-2)26-13-19(27)15-28-14-16-8-9-16/h5-7,12,16,19,25,27H,3-4,8-11,13-15H2,1-2H3,(H2,23,24,26). The van der Waals surface area contributed by atoms with E-state index in [1.807, 2.05) is 6.92 Å². The van der Waals surface area contributed by atoms with Crippen LogP contribution < -0.4 is 10.6 Å². The zero-order chi connectivity index (χ0) is 19.8. The van der Waals surface area contributed by atoms with Crippen LogP contribution in [0.2, 0.25) is 0 Å². The molecule has 28 heavy (non-hydrogen) atoms. The Morgan fingerprint density at radius 1 is 1.29 bits per heavy atom. The van der Waals surface area contributed by atoms with Crippen LogP contribution in [0.4, 0.5) is 0 Å². The van der Waals surface area contributed by atoms with Crippen LogP contribution >= 0.6 is 0 Å². The van der Waals surface area contributed by atoms with E-state index in [-0.39, 0.29) is 0 Å². The smallest absolute Gasteiger partial charge is 0.191 e. The van der Waals surface area contributed by atoms with Crippen molar-refractivity contribution >= 4 is 16.9 Å². The number of nitrogens with one attached hydrogen (secondary N) is 3. The number of nitrogens with zero attached hydrogens (tertiary/aromatic N) is 1. The number of ether oxygens (including phenoxy) is 1. The van der Waals surface area contributed by atoms with Gasteiger partial charge in [-0.25, -0.2) is 0 Å². The highest BCUT2D eigenvalue weighted by atomic mass is 16.5. The Labute approximate surface area is 167 Å². The normalized spacial score (nSPS) is 15.8. The summed E-state index contributed by atoms with van der Waals surface area (Å²) in [7, 11) is 0. The Morgan fingerprint density at radius 3 is 2.89 bits per heavy atom. The molecule has 0 radical (unpaired) electrons. The average Bonchev–Trinajstić information content (AvgIpc) is 3.44. The van der Waals surface area contributed by atoms with Gasteiger partial charge in [-0.3, -0.25) is 4.99 Å². The van der Waals surface area contributed by atoms with Crippen LogP contribution in [0.5, 0.6) is 0 Å². The van der Waals surface area contributed by atoms with Crippen LogP contribution in [0.3, 0.4) is 0 Å². The molecule has 154 valence electrons. The van der Waals surface area contributed by atoms with E-state index in [0.29, 0.717) is 19.1 Å². The van der Waals surface area contributed by atoms with Crippen LogP contribution in [-0.4, -0.2) is 55.0 Å². The van der Waals surface area contributed by atoms with Crippen molar-refractivity contribution in [3.8, 4) is 0 Å². The van der Waals surface area contributed by atoms with Gasteiger partial charge in [-0.2, -0.15) is 0 Å². The molecule has 1 atom stereocenters. The maximum atomic E-state index is 10.1. The molecule has 0 saturated heterocycles. The number of hydrogen-bond acceptors (Lipinski definition) is 3. The highest BCUT2D eigenvalue weighted by molar-refractivity contribution is 5.86. The lowest BCUT2D eigenvalue weighted by Gasteiger charge is -2.13. The van der Waals surface area contributed by atoms with Crippen LogP contribution in [0.15, 0.2) is 29.4 Å². The first kappa shape index (κ1) is 20.7. The third kappa shape index (κ3) is 5.97. The molecule has 1 aliphatic carbocycles. The largest absolute Gasteiger partial charge is 0.389 e. The SMILES string of the molecule is CCNC(=NCC(O)COCC1CC1)NCCc1c[nH]c2c(CC)cccc12. The summed E-state index contributed by atoms with van der Waals surface area (Å²) in [6.45, 7) is 7.25. The van der Waals surface area contributed by atoms with Gasteiger partial charge in [-0.1, -0.05) is 25.1 Å². The molecule has 0 aliphatic heterocycles. The van der Waals surface area contributed by atoms with Crippen molar-refractivity contribution in [1.29, 1.82) is 0 Å². The first-order valence-electron chi connectivity index (χ1n) is 10.6. The molecule has 0 spiro atoms. The Morgan fingerprint density at radius 2 is 2.14 bits per heavy atom. The molecular formula is C22H34N4O2. The number of aliphatic hydroxyl groups is 1. The average molecular weight is 387 g/mol. The van der Waals surface area contributed by atoms with Crippen molar-refractivity contribution in [3.63, 3.8) is 0 Å². The first-order chi connectivity index (χ1) is 13.7. The van der Waals surface area contributed by atoms with E-state index in [0.717, 1.165) is 38.5 Å². The van der Waals surface area contributed by atoms with Gasteiger partial charge in [0.25, 0.3) is 0 Å². The summed E-state index contributed by atoms with van der Waals surface area (Å²) in [5.74, 6) is 1.45. The maximum Gasteiger partial charge on any atom is 0.191 e. The fourth-order valence-corrected chi connectivity index (χ4v) is 3.34. The minimum Gasteiger partial charge on any atom is -0.389 e. The number of benzene rings is 1. The first-order valence-corrected chi connectivity index (χ1v) is 10.6. The van der Waals surface area contributed by atoms with Crippen molar-refractivity contribution in [3.05, 3.63) is 35.5 Å². The van der Waals surface area contributed by atoms with E-state index in [4.69, 9.17) is 4.74 Å². The molecule has 2 aromatic rings. The lowest BCUT2D eigenvalue weighted by Crippen LogP contribution is -2.39. The van der Waals surface area contributed by atoms with Gasteiger partial charge in [0, 0.05) is 36.8 Å². The van der Waals surface area contributed by atoms with Gasteiger partial charge in [0.05, 0.1) is 19.3 Å². The number of fused-ring (bicyclic) bond motifs is 1. The van der Waals surface area contributed by atoms with Crippen molar-refractivity contribution in [1.82, 2.24) is 15.6 Å². The number of aromatic nitrogens is 1. The van der Waals surface area contributed by atoms with Crippen molar-refractivity contribution < 1.29 is 9.84 Å². The molecule has 0 bridgehead atoms. The van der Waals surface area contributed by atoms with Gasteiger partial charge in [-0.15, -0.1) is 0 Å². The fourth-order valence-electron chi connectivity index (χ4n) is 3.34. The number of para-hydroxylation sites is 1. The predicted octanol–water partition coefficient (Wildman–Crippen LogP) is 2.62. The third-order valence-electron chi connectivity index (χ3n) is 5.12. The van der Waals surface area contributed by atoms with Crippen LogP contribution in [-0.2, 0) is 17.6 Å². The molecule has 1 saturated carbocycles. The van der Waals surface area contributed by atoms with Gasteiger partial charge < -0.3 is 25.5 Å². The van der Waals surface area contributed by atoms with E-state index in [1.54, 1.807) is 0 Å². The predicted molar refractivity (Wildman–Crippen MR) is 115 cm³/mol. The lowest BCUT2D eigenvalue weighted by molar-refractivity contribution is 0.0368. The van der Waals surface area contributed by atoms with Crippen molar-refractivity contribution in [2.75, 3.05) is 32.8 Å². The second-order valence-electron chi connectivity index (χ2n) is 7.54. The highest BCUT2D eigenvalue weighted by Crippen LogP contribution is 2.28. The third-order valence-corrected chi connectivity index (χ3v) is 5.12. The number of aryl methyl sites for hydroxylation is 1. The minimum absolute atomic E-state index is 0.340. The van der Waals surface area contributed by atoms with Crippen LogP contribution in [0.1, 0.15) is 37.8 Å². The lowest BCUT2D eigenvalue weighted by atomic mass is 10.1. The summed E-state index contributed by atoms with van der Waals surface area (Å²) < 4.78 is 5.54. The Hall–Kier alpha value is -2.05. The highest BCUT2D eigenvalue weighted by Gasteiger charge is 2.21.